The zero-order valence-electron chi connectivity index (χ0n) is 13.4. The van der Waals surface area contributed by atoms with Gasteiger partial charge in [0, 0.05) is 5.56 Å². The zero-order chi connectivity index (χ0) is 19.2. The third kappa shape index (κ3) is 6.54. The van der Waals surface area contributed by atoms with Gasteiger partial charge in [-0.2, -0.15) is 13.2 Å². The van der Waals surface area contributed by atoms with E-state index in [4.69, 9.17) is 15.0 Å². The number of carboxylic acids is 1. The number of aliphatic carboxylic acids is 1. The van der Waals surface area contributed by atoms with Crippen LogP contribution >= 0.6 is 0 Å². The molecule has 2 aromatic carbocycles. The predicted molar refractivity (Wildman–Crippen MR) is 86.7 cm³/mol. The number of alkyl halides is 3. The molecule has 1 amide bonds. The van der Waals surface area contributed by atoms with Crippen LogP contribution in [0.1, 0.15) is 11.1 Å². The molecule has 0 saturated heterocycles. The number of hydrogen-bond acceptors (Lipinski definition) is 2. The van der Waals surface area contributed by atoms with Crippen molar-refractivity contribution in [2.75, 3.05) is 5.32 Å². The second kappa shape index (κ2) is 8.18. The Morgan fingerprint density at radius 3 is 2.00 bits per heavy atom. The summed E-state index contributed by atoms with van der Waals surface area (Å²) in [4.78, 5) is 19.7. The van der Waals surface area contributed by atoms with Crippen LogP contribution in [0.3, 0.4) is 0 Å². The average molecular weight is 355 g/mol. The molecule has 0 aromatic heterocycles. The molecular weight excluding hydrogens is 339 g/mol. The van der Waals surface area contributed by atoms with Crippen molar-refractivity contribution >= 4 is 17.7 Å². The molecule has 0 atom stereocenters. The van der Waals surface area contributed by atoms with Crippen LogP contribution in [0, 0.1) is 13.8 Å². The minimum atomic E-state index is -5.08. The van der Waals surface area contributed by atoms with Crippen molar-refractivity contribution in [3.8, 4) is 11.1 Å². The average Bonchev–Trinajstić information content (AvgIpc) is 2.46. The Hall–Kier alpha value is -3.03. The molecule has 0 spiro atoms. The van der Waals surface area contributed by atoms with Crippen LogP contribution in [0.5, 0.6) is 0 Å². The van der Waals surface area contributed by atoms with Crippen molar-refractivity contribution in [1.82, 2.24) is 0 Å². The zero-order valence-corrected chi connectivity index (χ0v) is 13.4. The number of nitrogens with one attached hydrogen (secondary N) is 1. The smallest absolute Gasteiger partial charge is 0.475 e. The van der Waals surface area contributed by atoms with Gasteiger partial charge in [-0.05, 0) is 31.0 Å². The van der Waals surface area contributed by atoms with Crippen LogP contribution in [-0.2, 0) is 4.79 Å². The Morgan fingerprint density at radius 2 is 1.52 bits per heavy atom. The quantitative estimate of drug-likeness (QED) is 0.729. The van der Waals surface area contributed by atoms with E-state index in [1.807, 2.05) is 56.3 Å². The van der Waals surface area contributed by atoms with Crippen LogP contribution in [-0.4, -0.2) is 28.5 Å². The Bertz CT molecular complexity index is 773. The number of anilines is 1. The summed E-state index contributed by atoms with van der Waals surface area (Å²) in [5.41, 5.74) is 4.70. The van der Waals surface area contributed by atoms with E-state index in [0.29, 0.717) is 5.69 Å². The number of amides is 1. The molecule has 8 heteroatoms. The third-order valence-corrected chi connectivity index (χ3v) is 2.99. The molecule has 0 unspecified atom stereocenters. The first-order valence-electron chi connectivity index (χ1n) is 6.98. The highest BCUT2D eigenvalue weighted by molar-refractivity contribution is 5.90. The molecule has 0 bridgehead atoms. The second-order valence-electron chi connectivity index (χ2n) is 5.15. The topological polar surface area (TPSA) is 86.6 Å². The number of halogens is 3. The lowest BCUT2D eigenvalue weighted by atomic mass is 10.0. The standard InChI is InChI=1S/C15H15NO2.C2HF3O2/c1-10-4-3-5-12(8-10)13-7-6-11(2)9-14(13)16-15(17)18;3-2(4,5)1(6)7/h3-9,16H,1-2H3,(H,17,18);(H,6,7). The molecule has 0 radical (unpaired) electrons. The fourth-order valence-electron chi connectivity index (χ4n) is 1.94. The summed E-state index contributed by atoms with van der Waals surface area (Å²) < 4.78 is 31.7. The van der Waals surface area contributed by atoms with Crippen molar-refractivity contribution in [1.29, 1.82) is 0 Å². The van der Waals surface area contributed by atoms with Gasteiger partial charge in [0.15, 0.2) is 0 Å². The van der Waals surface area contributed by atoms with Crippen LogP contribution in [0.2, 0.25) is 0 Å². The third-order valence-electron chi connectivity index (χ3n) is 2.99. The first-order valence-corrected chi connectivity index (χ1v) is 6.98. The Labute approximate surface area is 141 Å². The minimum Gasteiger partial charge on any atom is -0.475 e. The van der Waals surface area contributed by atoms with Crippen molar-refractivity contribution in [2.45, 2.75) is 20.0 Å². The van der Waals surface area contributed by atoms with Gasteiger partial charge in [-0.3, -0.25) is 5.32 Å². The summed E-state index contributed by atoms with van der Waals surface area (Å²) in [6.07, 6.45) is -6.13. The van der Waals surface area contributed by atoms with Crippen LogP contribution in [0.15, 0.2) is 42.5 Å². The molecule has 0 saturated carbocycles. The van der Waals surface area contributed by atoms with Crippen molar-refractivity contribution in [3.63, 3.8) is 0 Å². The van der Waals surface area contributed by atoms with E-state index < -0.39 is 18.2 Å². The summed E-state index contributed by atoms with van der Waals surface area (Å²) in [7, 11) is 0. The number of aryl methyl sites for hydroxylation is 2. The molecule has 25 heavy (non-hydrogen) atoms. The summed E-state index contributed by atoms with van der Waals surface area (Å²) in [5.74, 6) is -2.76. The molecule has 5 nitrogen and oxygen atoms in total. The van der Waals surface area contributed by atoms with Crippen molar-refractivity contribution in [3.05, 3.63) is 53.6 Å². The highest BCUT2D eigenvalue weighted by Gasteiger charge is 2.38. The van der Waals surface area contributed by atoms with Gasteiger partial charge in [-0.25, -0.2) is 9.59 Å². The SMILES string of the molecule is Cc1cccc(-c2ccc(C)cc2NC(=O)O)c1.O=C(O)C(F)(F)F. The van der Waals surface area contributed by atoms with E-state index >= 15 is 0 Å². The first-order chi connectivity index (χ1) is 11.5. The number of benzene rings is 2. The lowest BCUT2D eigenvalue weighted by Crippen LogP contribution is -2.21. The highest BCUT2D eigenvalue weighted by atomic mass is 19.4. The molecular formula is C17H16F3NO4. The number of rotatable bonds is 2. The monoisotopic (exact) mass is 355 g/mol. The van der Waals surface area contributed by atoms with Gasteiger partial charge in [0.2, 0.25) is 0 Å². The van der Waals surface area contributed by atoms with E-state index in [2.05, 4.69) is 5.32 Å². The van der Waals surface area contributed by atoms with E-state index in [1.165, 1.54) is 0 Å². The fraction of sp³-hybridized carbons (Fsp3) is 0.176. The Balaban J connectivity index is 0.000000381. The van der Waals surface area contributed by atoms with Crippen molar-refractivity contribution < 1.29 is 33.0 Å². The molecule has 0 aliphatic rings. The molecule has 0 aliphatic heterocycles. The van der Waals surface area contributed by atoms with E-state index in [9.17, 15) is 18.0 Å². The predicted octanol–water partition coefficient (Wildman–Crippen LogP) is 4.69. The van der Waals surface area contributed by atoms with Gasteiger partial charge < -0.3 is 10.2 Å². The van der Waals surface area contributed by atoms with Crippen LogP contribution in [0.4, 0.5) is 23.7 Å². The first kappa shape index (κ1) is 20.0. The second-order valence-corrected chi connectivity index (χ2v) is 5.15. The summed E-state index contributed by atoms with van der Waals surface area (Å²) in [6, 6.07) is 13.8. The maximum absolute atomic E-state index is 10.8. The van der Waals surface area contributed by atoms with Gasteiger partial charge in [-0.1, -0.05) is 42.0 Å². The lowest BCUT2D eigenvalue weighted by Gasteiger charge is -2.11. The largest absolute Gasteiger partial charge is 0.490 e. The maximum Gasteiger partial charge on any atom is 0.490 e. The minimum absolute atomic E-state index is 0.619. The number of carboxylic acid groups (broad SMARTS) is 2. The Kier molecular flexibility index (Phi) is 6.55. The molecule has 134 valence electrons. The lowest BCUT2D eigenvalue weighted by molar-refractivity contribution is -0.192. The van der Waals surface area contributed by atoms with Gasteiger partial charge >= 0.3 is 18.2 Å². The van der Waals surface area contributed by atoms with Gasteiger partial charge in [-0.15, -0.1) is 0 Å². The molecule has 0 aliphatic carbocycles. The molecule has 2 aromatic rings. The highest BCUT2D eigenvalue weighted by Crippen LogP contribution is 2.29. The summed E-state index contributed by atoms with van der Waals surface area (Å²) >= 11 is 0. The van der Waals surface area contributed by atoms with Crippen molar-refractivity contribution in [2.24, 2.45) is 0 Å². The summed E-state index contributed by atoms with van der Waals surface area (Å²) in [6.45, 7) is 3.95. The number of carbonyl (C=O) groups is 2. The normalized spacial score (nSPS) is 10.4. The fourth-order valence-corrected chi connectivity index (χ4v) is 1.94. The van der Waals surface area contributed by atoms with E-state index in [1.54, 1.807) is 0 Å². The van der Waals surface area contributed by atoms with Gasteiger partial charge in [0.1, 0.15) is 0 Å². The van der Waals surface area contributed by atoms with E-state index in [-0.39, 0.29) is 0 Å². The van der Waals surface area contributed by atoms with E-state index in [0.717, 1.165) is 22.3 Å². The molecule has 3 N–H and O–H groups in total. The van der Waals surface area contributed by atoms with Gasteiger partial charge in [0.05, 0.1) is 5.69 Å². The molecule has 0 fully saturated rings. The molecule has 0 heterocycles. The molecule has 2 rings (SSSR count). The van der Waals surface area contributed by atoms with Gasteiger partial charge in [0.25, 0.3) is 0 Å². The number of hydrogen-bond donors (Lipinski definition) is 3. The van der Waals surface area contributed by atoms with Crippen LogP contribution < -0.4 is 5.32 Å². The maximum atomic E-state index is 10.8. The Morgan fingerprint density at radius 1 is 0.960 bits per heavy atom. The summed E-state index contributed by atoms with van der Waals surface area (Å²) in [5, 5.41) is 18.4. The van der Waals surface area contributed by atoms with Crippen LogP contribution in [0.25, 0.3) is 11.1 Å².